The van der Waals surface area contributed by atoms with E-state index in [2.05, 4.69) is 17.3 Å². The number of hydrogen-bond acceptors (Lipinski definition) is 3. The zero-order chi connectivity index (χ0) is 11.3. The Labute approximate surface area is 92.2 Å². The third-order valence-electron chi connectivity index (χ3n) is 3.18. The summed E-state index contributed by atoms with van der Waals surface area (Å²) in [7, 11) is 2.14. The van der Waals surface area contributed by atoms with Crippen molar-refractivity contribution in [3.8, 4) is 0 Å². The zero-order valence-corrected chi connectivity index (χ0v) is 9.83. The van der Waals surface area contributed by atoms with Crippen molar-refractivity contribution >= 4 is 5.91 Å². The van der Waals surface area contributed by atoms with Crippen LogP contribution >= 0.6 is 0 Å². The summed E-state index contributed by atoms with van der Waals surface area (Å²) in [4.78, 5) is 13.8. The van der Waals surface area contributed by atoms with Crippen molar-refractivity contribution in [2.45, 2.75) is 32.2 Å². The number of hydrogen-bond donors (Lipinski definition) is 2. The highest BCUT2D eigenvalue weighted by Gasteiger charge is 2.18. The summed E-state index contributed by atoms with van der Waals surface area (Å²) in [6.07, 6.45) is 3.07. The molecule has 1 atom stereocenters. The maximum absolute atomic E-state index is 11.4. The fourth-order valence-corrected chi connectivity index (χ4v) is 1.83. The van der Waals surface area contributed by atoms with E-state index in [1.165, 1.54) is 12.8 Å². The molecule has 1 aliphatic rings. The van der Waals surface area contributed by atoms with Gasteiger partial charge in [0.2, 0.25) is 5.91 Å². The Balaban J connectivity index is 2.17. The van der Waals surface area contributed by atoms with Crippen molar-refractivity contribution in [1.29, 1.82) is 0 Å². The Hall–Kier alpha value is -0.610. The molecule has 1 heterocycles. The summed E-state index contributed by atoms with van der Waals surface area (Å²) in [6, 6.07) is -0.337. The van der Waals surface area contributed by atoms with Gasteiger partial charge >= 0.3 is 0 Å². The Morgan fingerprint density at radius 1 is 1.53 bits per heavy atom. The number of piperidine rings is 1. The summed E-state index contributed by atoms with van der Waals surface area (Å²) >= 11 is 0. The van der Waals surface area contributed by atoms with Gasteiger partial charge in [-0.05, 0) is 45.3 Å². The van der Waals surface area contributed by atoms with Crippen LogP contribution in [0, 0.1) is 5.92 Å². The van der Waals surface area contributed by atoms with Crippen LogP contribution in [-0.4, -0.2) is 43.5 Å². The summed E-state index contributed by atoms with van der Waals surface area (Å²) in [5.41, 5.74) is 5.63. The minimum Gasteiger partial charge on any atom is -0.354 e. The highest BCUT2D eigenvalue weighted by atomic mass is 16.2. The number of nitrogens with two attached hydrogens (primary N) is 1. The van der Waals surface area contributed by atoms with E-state index in [1.54, 1.807) is 0 Å². The molecule has 4 nitrogen and oxygen atoms in total. The highest BCUT2D eigenvalue weighted by molar-refractivity contribution is 5.81. The summed E-state index contributed by atoms with van der Waals surface area (Å²) in [5.74, 6) is 0.630. The molecule has 1 aliphatic heterocycles. The van der Waals surface area contributed by atoms with Crippen LogP contribution < -0.4 is 11.1 Å². The van der Waals surface area contributed by atoms with E-state index >= 15 is 0 Å². The molecule has 1 rings (SSSR count). The van der Waals surface area contributed by atoms with Gasteiger partial charge in [-0.1, -0.05) is 6.92 Å². The molecular weight excluding hydrogens is 190 g/mol. The lowest BCUT2D eigenvalue weighted by Gasteiger charge is -2.29. The minimum absolute atomic E-state index is 0.00331. The van der Waals surface area contributed by atoms with Crippen LogP contribution in [-0.2, 0) is 4.79 Å². The molecule has 1 unspecified atom stereocenters. The van der Waals surface area contributed by atoms with Crippen molar-refractivity contribution < 1.29 is 4.79 Å². The first-order chi connectivity index (χ1) is 7.13. The van der Waals surface area contributed by atoms with Gasteiger partial charge in [0.1, 0.15) is 0 Å². The van der Waals surface area contributed by atoms with E-state index in [9.17, 15) is 4.79 Å². The van der Waals surface area contributed by atoms with Crippen LogP contribution in [0.25, 0.3) is 0 Å². The maximum atomic E-state index is 11.4. The Morgan fingerprint density at radius 2 is 2.13 bits per heavy atom. The number of nitrogens with one attached hydrogen (secondary N) is 1. The molecule has 4 heteroatoms. The largest absolute Gasteiger partial charge is 0.354 e. The van der Waals surface area contributed by atoms with Crippen molar-refractivity contribution in [1.82, 2.24) is 10.2 Å². The van der Waals surface area contributed by atoms with Gasteiger partial charge in [-0.15, -0.1) is 0 Å². The van der Waals surface area contributed by atoms with Crippen LogP contribution in [0.15, 0.2) is 0 Å². The van der Waals surface area contributed by atoms with E-state index in [0.29, 0.717) is 12.3 Å². The van der Waals surface area contributed by atoms with Crippen molar-refractivity contribution in [3.63, 3.8) is 0 Å². The fraction of sp³-hybridized carbons (Fsp3) is 0.909. The average molecular weight is 213 g/mol. The monoisotopic (exact) mass is 213 g/mol. The number of amides is 1. The van der Waals surface area contributed by atoms with Crippen LogP contribution in [0.3, 0.4) is 0 Å². The fourth-order valence-electron chi connectivity index (χ4n) is 1.83. The Kier molecular flexibility index (Phi) is 5.05. The minimum atomic E-state index is -0.337. The number of rotatable bonds is 4. The molecule has 0 aliphatic carbocycles. The number of likely N-dealkylation sites (tertiary alicyclic amines) is 1. The van der Waals surface area contributed by atoms with Gasteiger partial charge in [-0.25, -0.2) is 0 Å². The predicted octanol–water partition coefficient (Wildman–Crippen LogP) is 0.182. The van der Waals surface area contributed by atoms with E-state index in [1.807, 2.05) is 6.92 Å². The van der Waals surface area contributed by atoms with Gasteiger partial charge in [-0.2, -0.15) is 0 Å². The highest BCUT2D eigenvalue weighted by Crippen LogP contribution is 2.14. The third-order valence-corrected chi connectivity index (χ3v) is 3.18. The van der Waals surface area contributed by atoms with Gasteiger partial charge < -0.3 is 16.0 Å². The van der Waals surface area contributed by atoms with E-state index in [0.717, 1.165) is 19.6 Å². The van der Waals surface area contributed by atoms with Crippen LogP contribution in [0.2, 0.25) is 0 Å². The summed E-state index contributed by atoms with van der Waals surface area (Å²) in [5, 5.41) is 2.94. The zero-order valence-electron chi connectivity index (χ0n) is 9.83. The second kappa shape index (κ2) is 6.08. The van der Waals surface area contributed by atoms with Crippen LogP contribution in [0.4, 0.5) is 0 Å². The quantitative estimate of drug-likeness (QED) is 0.700. The second-order valence-corrected chi connectivity index (χ2v) is 4.51. The number of nitrogens with zero attached hydrogens (tertiary/aromatic N) is 1. The lowest BCUT2D eigenvalue weighted by molar-refractivity contribution is -0.122. The van der Waals surface area contributed by atoms with E-state index in [4.69, 9.17) is 5.73 Å². The first-order valence-electron chi connectivity index (χ1n) is 5.85. The Morgan fingerprint density at radius 3 is 2.67 bits per heavy atom. The molecule has 0 aromatic heterocycles. The normalized spacial score (nSPS) is 21.3. The van der Waals surface area contributed by atoms with Gasteiger partial charge in [0.05, 0.1) is 6.04 Å². The second-order valence-electron chi connectivity index (χ2n) is 4.51. The third kappa shape index (κ3) is 4.18. The molecule has 1 amide bonds. The standard InChI is InChI=1S/C11H23N3O/c1-3-10(12)11(15)13-8-9-4-6-14(2)7-5-9/h9-10H,3-8,12H2,1-2H3,(H,13,15). The molecule has 1 fully saturated rings. The van der Waals surface area contributed by atoms with Gasteiger partial charge in [0, 0.05) is 6.54 Å². The number of carbonyl (C=O) groups excluding carboxylic acids is 1. The molecule has 1 saturated heterocycles. The first-order valence-corrected chi connectivity index (χ1v) is 5.85. The first kappa shape index (κ1) is 12.5. The molecule has 15 heavy (non-hydrogen) atoms. The maximum Gasteiger partial charge on any atom is 0.236 e. The van der Waals surface area contributed by atoms with Crippen molar-refractivity contribution in [2.75, 3.05) is 26.7 Å². The topological polar surface area (TPSA) is 58.4 Å². The SMILES string of the molecule is CCC(N)C(=O)NCC1CCN(C)CC1. The molecule has 0 bridgehead atoms. The van der Waals surface area contributed by atoms with Crippen molar-refractivity contribution in [2.24, 2.45) is 11.7 Å². The van der Waals surface area contributed by atoms with Crippen LogP contribution in [0.5, 0.6) is 0 Å². The van der Waals surface area contributed by atoms with E-state index < -0.39 is 0 Å². The molecule has 3 N–H and O–H groups in total. The van der Waals surface area contributed by atoms with Crippen molar-refractivity contribution in [3.05, 3.63) is 0 Å². The molecular formula is C11H23N3O. The summed E-state index contributed by atoms with van der Waals surface area (Å²) in [6.45, 7) is 5.00. The van der Waals surface area contributed by atoms with Crippen LogP contribution in [0.1, 0.15) is 26.2 Å². The number of carbonyl (C=O) groups is 1. The molecule has 0 radical (unpaired) electrons. The lowest BCUT2D eigenvalue weighted by Crippen LogP contribution is -2.43. The molecule has 0 aromatic rings. The van der Waals surface area contributed by atoms with Gasteiger partial charge in [-0.3, -0.25) is 4.79 Å². The lowest BCUT2D eigenvalue weighted by atomic mass is 9.97. The predicted molar refractivity (Wildman–Crippen MR) is 61.5 cm³/mol. The smallest absolute Gasteiger partial charge is 0.236 e. The average Bonchev–Trinajstić information content (AvgIpc) is 2.26. The van der Waals surface area contributed by atoms with Gasteiger partial charge in [0.25, 0.3) is 0 Å². The van der Waals surface area contributed by atoms with Gasteiger partial charge in [0.15, 0.2) is 0 Å². The summed E-state index contributed by atoms with van der Waals surface area (Å²) < 4.78 is 0. The molecule has 0 saturated carbocycles. The van der Waals surface area contributed by atoms with E-state index in [-0.39, 0.29) is 11.9 Å². The Bertz CT molecular complexity index is 200. The molecule has 0 spiro atoms. The molecule has 0 aromatic carbocycles. The molecule has 88 valence electrons.